The van der Waals surface area contributed by atoms with Crippen molar-refractivity contribution in [1.29, 1.82) is 0 Å². The predicted octanol–water partition coefficient (Wildman–Crippen LogP) is 2.34. The molecule has 6 heteroatoms. The molecule has 1 amide bonds. The first-order valence-corrected chi connectivity index (χ1v) is 9.55. The summed E-state index contributed by atoms with van der Waals surface area (Å²) < 4.78 is 11.1. The number of carbonyl (C=O) groups excluding carboxylic acids is 1. The second kappa shape index (κ2) is 6.72. The maximum atomic E-state index is 12.5. The number of likely N-dealkylation sites (N-methyl/N-ethyl adjacent to an activating group) is 1. The van der Waals surface area contributed by atoms with Crippen LogP contribution in [0.5, 0.6) is 0 Å². The van der Waals surface area contributed by atoms with Gasteiger partial charge in [0.1, 0.15) is 0 Å². The summed E-state index contributed by atoms with van der Waals surface area (Å²) in [6, 6.07) is 2.25. The highest BCUT2D eigenvalue weighted by Gasteiger charge is 2.45. The highest BCUT2D eigenvalue weighted by Crippen LogP contribution is 2.43. The number of amides is 1. The summed E-state index contributed by atoms with van der Waals surface area (Å²) in [5.74, 6) is 1.17. The Morgan fingerprint density at radius 2 is 2.12 bits per heavy atom. The van der Waals surface area contributed by atoms with Crippen LogP contribution >= 0.6 is 0 Å². The number of aromatic nitrogens is 1. The molecule has 0 N–H and O–H groups in total. The molecule has 1 aromatic heterocycles. The van der Waals surface area contributed by atoms with E-state index >= 15 is 0 Å². The molecule has 2 saturated heterocycles. The van der Waals surface area contributed by atoms with Crippen molar-refractivity contribution in [2.75, 3.05) is 39.9 Å². The zero-order valence-corrected chi connectivity index (χ0v) is 15.4. The summed E-state index contributed by atoms with van der Waals surface area (Å²) in [7, 11) is 2.22. The minimum absolute atomic E-state index is 0.0221. The van der Waals surface area contributed by atoms with Crippen LogP contribution in [-0.2, 0) is 4.74 Å². The van der Waals surface area contributed by atoms with E-state index < -0.39 is 0 Å². The molecule has 1 spiro atoms. The lowest BCUT2D eigenvalue weighted by atomic mass is 9.76. The lowest BCUT2D eigenvalue weighted by molar-refractivity contribution is 0.0550. The van der Waals surface area contributed by atoms with E-state index in [2.05, 4.69) is 17.1 Å². The third-order valence-corrected chi connectivity index (χ3v) is 6.19. The molecule has 0 bridgehead atoms. The van der Waals surface area contributed by atoms with Crippen LogP contribution in [0.3, 0.4) is 0 Å². The molecule has 3 heterocycles. The van der Waals surface area contributed by atoms with Crippen molar-refractivity contribution in [1.82, 2.24) is 15.0 Å². The summed E-state index contributed by atoms with van der Waals surface area (Å²) in [5, 5.41) is 3.83. The van der Waals surface area contributed by atoms with E-state index in [-0.39, 0.29) is 5.91 Å². The van der Waals surface area contributed by atoms with E-state index in [9.17, 15) is 4.79 Å². The fraction of sp³-hybridized carbons (Fsp3) is 0.789. The van der Waals surface area contributed by atoms with E-state index in [0.29, 0.717) is 17.2 Å². The second-order valence-corrected chi connectivity index (χ2v) is 8.38. The van der Waals surface area contributed by atoms with Crippen molar-refractivity contribution in [3.63, 3.8) is 0 Å². The number of piperidine rings is 1. The first kappa shape index (κ1) is 17.0. The standard InChI is InChI=1S/C19H29N3O3/c1-14-9-17(25-20-14)18(23)22-7-5-19(6-8-22)10-16(21(2)13-19)12-24-11-15-3-4-15/h9,15-16H,3-8,10-13H2,1-2H3. The van der Waals surface area contributed by atoms with Crippen molar-refractivity contribution in [2.45, 2.75) is 45.1 Å². The summed E-state index contributed by atoms with van der Waals surface area (Å²) in [5.41, 5.74) is 1.10. The van der Waals surface area contributed by atoms with Gasteiger partial charge >= 0.3 is 0 Å². The molecule has 138 valence electrons. The third-order valence-electron chi connectivity index (χ3n) is 6.19. The fourth-order valence-corrected chi connectivity index (χ4v) is 4.39. The highest BCUT2D eigenvalue weighted by atomic mass is 16.5. The molecule has 4 rings (SSSR count). The average molecular weight is 347 g/mol. The van der Waals surface area contributed by atoms with Crippen LogP contribution < -0.4 is 0 Å². The summed E-state index contributed by atoms with van der Waals surface area (Å²) in [6.07, 6.45) is 6.01. The molecule has 2 aliphatic heterocycles. The van der Waals surface area contributed by atoms with Gasteiger partial charge < -0.3 is 19.1 Å². The fourth-order valence-electron chi connectivity index (χ4n) is 4.39. The first-order chi connectivity index (χ1) is 12.0. The van der Waals surface area contributed by atoms with Gasteiger partial charge in [-0.2, -0.15) is 0 Å². The number of likely N-dealkylation sites (tertiary alicyclic amines) is 2. The molecule has 3 aliphatic rings. The van der Waals surface area contributed by atoms with Crippen molar-refractivity contribution in [3.05, 3.63) is 17.5 Å². The predicted molar refractivity (Wildman–Crippen MR) is 93.4 cm³/mol. The van der Waals surface area contributed by atoms with Crippen LogP contribution in [-0.4, -0.2) is 66.8 Å². The van der Waals surface area contributed by atoms with Gasteiger partial charge in [0.05, 0.1) is 12.3 Å². The van der Waals surface area contributed by atoms with Gasteiger partial charge in [0.2, 0.25) is 5.76 Å². The average Bonchev–Trinajstić information content (AvgIpc) is 3.24. The number of nitrogens with zero attached hydrogens (tertiary/aromatic N) is 3. The monoisotopic (exact) mass is 347 g/mol. The molecule has 1 atom stereocenters. The Kier molecular flexibility index (Phi) is 4.58. The van der Waals surface area contributed by atoms with Crippen LogP contribution in [0.1, 0.15) is 48.4 Å². The van der Waals surface area contributed by atoms with Crippen molar-refractivity contribution >= 4 is 5.91 Å². The molecule has 0 radical (unpaired) electrons. The number of hydrogen-bond donors (Lipinski definition) is 0. The molecular weight excluding hydrogens is 318 g/mol. The van der Waals surface area contributed by atoms with Crippen molar-refractivity contribution < 1.29 is 14.1 Å². The van der Waals surface area contributed by atoms with Gasteiger partial charge in [0.15, 0.2) is 0 Å². The molecule has 1 aliphatic carbocycles. The molecule has 6 nitrogen and oxygen atoms in total. The number of rotatable bonds is 5. The Hall–Kier alpha value is -1.40. The molecule has 25 heavy (non-hydrogen) atoms. The molecule has 1 aromatic rings. The van der Waals surface area contributed by atoms with Crippen molar-refractivity contribution in [2.24, 2.45) is 11.3 Å². The van der Waals surface area contributed by atoms with Gasteiger partial charge in [-0.05, 0) is 57.4 Å². The molecule has 1 unspecified atom stereocenters. The van der Waals surface area contributed by atoms with Gasteiger partial charge in [-0.1, -0.05) is 5.16 Å². The summed E-state index contributed by atoms with van der Waals surface area (Å²) >= 11 is 0. The van der Waals surface area contributed by atoms with Crippen molar-refractivity contribution in [3.8, 4) is 0 Å². The SMILES string of the molecule is Cc1cc(C(=O)N2CCC3(CC2)CC(COCC2CC2)N(C)C3)on1. The minimum atomic E-state index is -0.0221. The van der Waals surface area contributed by atoms with E-state index in [1.54, 1.807) is 6.07 Å². The Morgan fingerprint density at radius 3 is 2.76 bits per heavy atom. The minimum Gasteiger partial charge on any atom is -0.380 e. The quantitative estimate of drug-likeness (QED) is 0.818. The van der Waals surface area contributed by atoms with Crippen LogP contribution in [0.25, 0.3) is 0 Å². The third kappa shape index (κ3) is 3.75. The lowest BCUT2D eigenvalue weighted by Gasteiger charge is -2.38. The van der Waals surface area contributed by atoms with Crippen LogP contribution in [0.4, 0.5) is 0 Å². The number of hydrogen-bond acceptors (Lipinski definition) is 5. The summed E-state index contributed by atoms with van der Waals surface area (Å²) in [4.78, 5) is 16.9. The zero-order chi connectivity index (χ0) is 17.4. The smallest absolute Gasteiger partial charge is 0.292 e. The molecule has 1 saturated carbocycles. The maximum absolute atomic E-state index is 12.5. The van der Waals surface area contributed by atoms with E-state index in [1.165, 1.54) is 19.3 Å². The molecular formula is C19H29N3O3. The molecule has 0 aromatic carbocycles. The largest absolute Gasteiger partial charge is 0.380 e. The Morgan fingerprint density at radius 1 is 1.36 bits per heavy atom. The number of ether oxygens (including phenoxy) is 1. The Labute approximate surface area is 149 Å². The van der Waals surface area contributed by atoms with Crippen LogP contribution in [0.15, 0.2) is 10.6 Å². The number of aryl methyl sites for hydroxylation is 1. The van der Waals surface area contributed by atoms with Gasteiger partial charge in [-0.3, -0.25) is 4.79 Å². The Bertz CT molecular complexity index is 617. The maximum Gasteiger partial charge on any atom is 0.292 e. The van der Waals surface area contributed by atoms with E-state index in [0.717, 1.165) is 57.3 Å². The number of carbonyl (C=O) groups is 1. The van der Waals surface area contributed by atoms with E-state index in [4.69, 9.17) is 9.26 Å². The van der Waals surface area contributed by atoms with E-state index in [1.807, 2.05) is 11.8 Å². The highest BCUT2D eigenvalue weighted by molar-refractivity contribution is 5.91. The van der Waals surface area contributed by atoms with Gasteiger partial charge in [-0.25, -0.2) is 0 Å². The first-order valence-electron chi connectivity index (χ1n) is 9.55. The van der Waals surface area contributed by atoms with Crippen LogP contribution in [0.2, 0.25) is 0 Å². The molecule has 3 fully saturated rings. The van der Waals surface area contributed by atoms with Gasteiger partial charge in [0, 0.05) is 38.3 Å². The topological polar surface area (TPSA) is 58.8 Å². The zero-order valence-electron chi connectivity index (χ0n) is 15.4. The second-order valence-electron chi connectivity index (χ2n) is 8.38. The lowest BCUT2D eigenvalue weighted by Crippen LogP contribution is -2.44. The normalized spacial score (nSPS) is 26.5. The Balaban J connectivity index is 1.29. The summed E-state index contributed by atoms with van der Waals surface area (Å²) in [6.45, 7) is 6.37. The van der Waals surface area contributed by atoms with Gasteiger partial charge in [-0.15, -0.1) is 0 Å². The van der Waals surface area contributed by atoms with Gasteiger partial charge in [0.25, 0.3) is 5.91 Å². The van der Waals surface area contributed by atoms with Crippen LogP contribution in [0, 0.1) is 18.3 Å².